The number of carbonyl (C=O) groups excluding carboxylic acids is 3. The van der Waals surface area contributed by atoms with E-state index >= 15 is 0 Å². The van der Waals surface area contributed by atoms with Gasteiger partial charge in [0, 0.05) is 34.0 Å². The number of isothiocyanates is 1. The molecular formula is C50H42F3N7O6RuS2. The van der Waals surface area contributed by atoms with Gasteiger partial charge in [-0.3, -0.25) is 34.7 Å². The summed E-state index contributed by atoms with van der Waals surface area (Å²) in [5, 5.41) is 15.4. The average Bonchev–Trinajstić information content (AvgIpc) is 3.80. The van der Waals surface area contributed by atoms with E-state index in [0.29, 0.717) is 54.0 Å². The molecule has 0 bridgehead atoms. The SMILES string of the molecule is CCCCCCc1ccc(/C=C/c2ccnc(/C([NH-])=C/C(=N)C(F)(F)F)c2)s1.O=CO/C=C/c1ccnc(-c2cc(-c3cccc(OC=O)c3)cc(-c3cc(/C=C/OC=O)ccn3)n2)c1.[N-]=C=S.[Ru+2]. The topological polar surface area (TPSA) is 200 Å². The number of allylic oxidation sites excluding steroid dienone is 1. The Hall–Kier alpha value is -7.43. The molecular weight excluding hydrogens is 1020 g/mol. The summed E-state index contributed by atoms with van der Waals surface area (Å²) in [6, 6.07) is 25.4. The molecule has 0 aliphatic carbocycles. The largest absolute Gasteiger partial charge is 2.00 e. The normalized spacial score (nSPS) is 11.0. The maximum atomic E-state index is 12.4. The molecule has 0 radical (unpaired) electrons. The first-order valence-corrected chi connectivity index (χ1v) is 21.6. The number of halogens is 3. The van der Waals surface area contributed by atoms with Crippen LogP contribution in [0.4, 0.5) is 13.2 Å². The first kappa shape index (κ1) is 55.9. The van der Waals surface area contributed by atoms with Gasteiger partial charge in [-0.15, -0.1) is 17.0 Å². The number of nitrogens with one attached hydrogen (secondary N) is 2. The van der Waals surface area contributed by atoms with Crippen molar-refractivity contribution in [3.05, 3.63) is 165 Å². The van der Waals surface area contributed by atoms with Crippen LogP contribution in [0.1, 0.15) is 64.7 Å². The fourth-order valence-corrected chi connectivity index (χ4v) is 6.92. The molecule has 0 fully saturated rings. The first-order valence-electron chi connectivity index (χ1n) is 20.4. The number of aromatic nitrogens is 4. The van der Waals surface area contributed by atoms with Crippen LogP contribution in [0.15, 0.2) is 122 Å². The Morgan fingerprint density at radius 1 is 0.754 bits per heavy atom. The van der Waals surface area contributed by atoms with Gasteiger partial charge in [-0.25, -0.2) is 4.98 Å². The Morgan fingerprint density at radius 3 is 1.91 bits per heavy atom. The van der Waals surface area contributed by atoms with Crippen molar-refractivity contribution in [3.63, 3.8) is 0 Å². The predicted octanol–water partition coefficient (Wildman–Crippen LogP) is 12.8. The third-order valence-electron chi connectivity index (χ3n) is 9.11. The molecule has 0 amide bonds. The van der Waals surface area contributed by atoms with Gasteiger partial charge in [0.25, 0.3) is 19.4 Å². The molecule has 0 saturated carbocycles. The van der Waals surface area contributed by atoms with E-state index < -0.39 is 17.6 Å². The van der Waals surface area contributed by atoms with E-state index in [1.165, 1.54) is 60.5 Å². The second kappa shape index (κ2) is 30.1. The number of hydrogen-bond donors (Lipinski definition) is 1. The zero-order chi connectivity index (χ0) is 49.2. The number of thiocarbonyl (C=S) groups is 1. The molecule has 5 heterocycles. The molecule has 6 rings (SSSR count). The number of rotatable bonds is 20. The standard InChI is InChI=1S/C28H19N3O6.C21H23F3N3S.CNS.Ru/c32-17-35-10-6-20-4-8-29-25(12-20)27-15-23(22-2-1-3-24(14-22)37-19-34)16-28(31-27)26-13-21(5-9-30-26)7-11-36-18-33;1-2-3-4-5-6-16-9-10-17(28-16)8-7-15-11-12-27-19(13-15)18(25)14-20(26)21(22,23)24;2-1-3;/h1-19H;7-14,25-26H,2-6H2,1H3;;/q;2*-1;+2/b10-6+,11-7+;8-7+,18-14-,26-20?;;. The van der Waals surface area contributed by atoms with Crippen molar-refractivity contribution in [1.29, 1.82) is 5.41 Å². The molecule has 69 heavy (non-hydrogen) atoms. The van der Waals surface area contributed by atoms with Crippen molar-refractivity contribution in [2.75, 3.05) is 0 Å². The van der Waals surface area contributed by atoms with E-state index in [1.807, 2.05) is 30.4 Å². The second-order valence-corrected chi connectivity index (χ2v) is 15.3. The number of pyridine rings is 4. The molecule has 0 aliphatic rings. The van der Waals surface area contributed by atoms with E-state index in [4.69, 9.17) is 26.3 Å². The summed E-state index contributed by atoms with van der Waals surface area (Å²) in [6.45, 7) is 3.23. The van der Waals surface area contributed by atoms with E-state index in [0.717, 1.165) is 39.1 Å². The number of aryl methyl sites for hydroxylation is 1. The van der Waals surface area contributed by atoms with Gasteiger partial charge < -0.3 is 25.4 Å². The molecule has 6 aromatic rings. The Bertz CT molecular complexity index is 2730. The molecule has 0 unspecified atom stereocenters. The Balaban J connectivity index is 0.000000353. The van der Waals surface area contributed by atoms with E-state index in [9.17, 15) is 27.6 Å². The molecule has 0 atom stereocenters. The van der Waals surface area contributed by atoms with Gasteiger partial charge in [0.15, 0.2) is 0 Å². The smallest absolute Gasteiger partial charge is 0.753 e. The Labute approximate surface area is 418 Å². The molecule has 5 aromatic heterocycles. The van der Waals surface area contributed by atoms with Crippen LogP contribution in [0.2, 0.25) is 0 Å². The van der Waals surface area contributed by atoms with Crippen molar-refractivity contribution in [2.45, 2.75) is 45.2 Å². The summed E-state index contributed by atoms with van der Waals surface area (Å²) in [6.07, 6.45) is 16.0. The van der Waals surface area contributed by atoms with Crippen LogP contribution in [-0.2, 0) is 49.8 Å². The van der Waals surface area contributed by atoms with Gasteiger partial charge in [0.2, 0.25) is 0 Å². The molecule has 19 heteroatoms. The number of nitrogens with zero attached hydrogens (tertiary/aromatic N) is 5. The van der Waals surface area contributed by atoms with Gasteiger partial charge in [-0.1, -0.05) is 56.6 Å². The summed E-state index contributed by atoms with van der Waals surface area (Å²) in [4.78, 5) is 51.8. The van der Waals surface area contributed by atoms with Gasteiger partial charge in [-0.2, -0.15) is 18.3 Å². The third kappa shape index (κ3) is 19.4. The fourth-order valence-electron chi connectivity index (χ4n) is 5.97. The van der Waals surface area contributed by atoms with Crippen LogP contribution >= 0.6 is 23.6 Å². The fraction of sp³-hybridized carbons (Fsp3) is 0.140. The van der Waals surface area contributed by atoms with Crippen LogP contribution in [0, 0.1) is 5.41 Å². The van der Waals surface area contributed by atoms with Gasteiger partial charge in [0.1, 0.15) is 11.5 Å². The summed E-state index contributed by atoms with van der Waals surface area (Å²) in [5.74, 6) is 0.397. The summed E-state index contributed by atoms with van der Waals surface area (Å²) < 4.78 is 51.6. The molecule has 2 N–H and O–H groups in total. The minimum atomic E-state index is -4.77. The van der Waals surface area contributed by atoms with Crippen molar-refractivity contribution in [1.82, 2.24) is 19.9 Å². The first-order chi connectivity index (χ1) is 32.9. The van der Waals surface area contributed by atoms with Gasteiger partial charge >= 0.3 is 25.7 Å². The van der Waals surface area contributed by atoms with Crippen LogP contribution < -0.4 is 4.74 Å². The minimum absolute atomic E-state index is 0. The number of hydrogen-bond acceptors (Lipinski definition) is 13. The maximum absolute atomic E-state index is 12.4. The number of ether oxygens (including phenoxy) is 3. The van der Waals surface area contributed by atoms with Crippen LogP contribution in [0.25, 0.3) is 75.0 Å². The number of thiophene rings is 1. The molecule has 0 aliphatic heterocycles. The molecule has 354 valence electrons. The van der Waals surface area contributed by atoms with Crippen molar-refractivity contribution >= 4 is 83.8 Å². The quantitative estimate of drug-likeness (QED) is 0.0190. The van der Waals surface area contributed by atoms with Crippen LogP contribution in [0.5, 0.6) is 5.75 Å². The zero-order valence-corrected chi connectivity index (χ0v) is 40.0. The molecule has 13 nitrogen and oxygen atoms in total. The Kier molecular flexibility index (Phi) is 24.3. The second-order valence-electron chi connectivity index (χ2n) is 13.9. The van der Waals surface area contributed by atoms with Crippen molar-refractivity contribution < 1.29 is 61.2 Å². The van der Waals surface area contributed by atoms with Crippen LogP contribution in [0.3, 0.4) is 0 Å². The minimum Gasteiger partial charge on any atom is -0.753 e. The average molecular weight is 1060 g/mol. The molecule has 0 saturated heterocycles. The zero-order valence-electron chi connectivity index (χ0n) is 36.6. The van der Waals surface area contributed by atoms with E-state index in [2.05, 4.69) is 55.7 Å². The maximum Gasteiger partial charge on any atom is 2.00 e. The van der Waals surface area contributed by atoms with Gasteiger partial charge in [0.05, 0.1) is 35.3 Å². The number of unbranched alkanes of at least 4 members (excludes halogenated alkanes) is 3. The Morgan fingerprint density at radius 2 is 1.35 bits per heavy atom. The van der Waals surface area contributed by atoms with E-state index in [1.54, 1.807) is 84.4 Å². The number of carbonyl (C=O) groups is 3. The predicted molar refractivity (Wildman–Crippen MR) is 263 cm³/mol. The molecule has 1 aromatic carbocycles. The summed E-state index contributed by atoms with van der Waals surface area (Å²) in [5.41, 5.74) is 11.9. The molecule has 0 spiro atoms. The van der Waals surface area contributed by atoms with Crippen molar-refractivity contribution in [3.8, 4) is 39.7 Å². The summed E-state index contributed by atoms with van der Waals surface area (Å²) >= 11 is 5.43. The third-order valence-corrected chi connectivity index (χ3v) is 10.2. The number of benzene rings is 1. The monoisotopic (exact) mass is 1060 g/mol. The van der Waals surface area contributed by atoms with Crippen molar-refractivity contribution in [2.24, 2.45) is 0 Å². The van der Waals surface area contributed by atoms with E-state index in [-0.39, 0.29) is 25.2 Å². The van der Waals surface area contributed by atoms with Crippen LogP contribution in [-0.4, -0.2) is 56.4 Å². The number of alkyl halides is 3. The van der Waals surface area contributed by atoms with Gasteiger partial charge in [-0.05, 0) is 138 Å². The summed E-state index contributed by atoms with van der Waals surface area (Å²) in [7, 11) is 0.